The maximum atomic E-state index is 12.3. The fourth-order valence-corrected chi connectivity index (χ4v) is 4.17. The van der Waals surface area contributed by atoms with Crippen LogP contribution in [-0.4, -0.2) is 38.9 Å². The number of nitrogens with zero attached hydrogens (tertiary/aromatic N) is 1. The summed E-state index contributed by atoms with van der Waals surface area (Å²) >= 11 is 5.03. The lowest BCUT2D eigenvalue weighted by molar-refractivity contribution is 0.346. The lowest BCUT2D eigenvalue weighted by atomic mass is 10.2. The number of hydrogen-bond acceptors (Lipinski definition) is 4. The van der Waals surface area contributed by atoms with Crippen LogP contribution in [-0.2, 0) is 16.4 Å². The molecule has 0 bridgehead atoms. The van der Waals surface area contributed by atoms with Gasteiger partial charge in [0.2, 0.25) is 0 Å². The monoisotopic (exact) mass is 413 g/mol. The number of thioether (sulfide) groups is 1. The molecular weight excluding hydrogens is 394 g/mol. The van der Waals surface area contributed by atoms with Crippen molar-refractivity contribution in [2.45, 2.75) is 16.3 Å². The van der Waals surface area contributed by atoms with Crippen LogP contribution in [0.4, 0.5) is 0 Å². The third-order valence-corrected chi connectivity index (χ3v) is 6.51. The van der Waals surface area contributed by atoms with Gasteiger partial charge in [0.25, 0.3) is 0 Å². The van der Waals surface area contributed by atoms with E-state index in [2.05, 4.69) is 40.2 Å². The van der Waals surface area contributed by atoms with Gasteiger partial charge < -0.3 is 4.90 Å². The summed E-state index contributed by atoms with van der Waals surface area (Å²) in [4.78, 5) is 3.64. The van der Waals surface area contributed by atoms with Crippen LogP contribution in [0.5, 0.6) is 0 Å². The normalized spacial score (nSPS) is 11.8. The van der Waals surface area contributed by atoms with Crippen molar-refractivity contribution in [2.24, 2.45) is 0 Å². The second-order valence-corrected chi connectivity index (χ2v) is 9.26. The van der Waals surface area contributed by atoms with E-state index >= 15 is 0 Å². The molecule has 0 fully saturated rings. The number of sulfone groups is 1. The van der Waals surface area contributed by atoms with E-state index in [1.54, 1.807) is 36.0 Å². The minimum Gasteiger partial charge on any atom is -0.301 e. The van der Waals surface area contributed by atoms with Gasteiger partial charge in [-0.2, -0.15) is 0 Å². The highest BCUT2D eigenvalue weighted by Crippen LogP contribution is 2.17. The summed E-state index contributed by atoms with van der Waals surface area (Å²) in [7, 11) is -1.30. The van der Waals surface area contributed by atoms with E-state index in [1.807, 2.05) is 18.2 Å². The van der Waals surface area contributed by atoms with Crippen molar-refractivity contribution in [3.8, 4) is 0 Å². The number of hydrogen-bond donors (Lipinski definition) is 0. The molecule has 0 heterocycles. The zero-order valence-electron chi connectivity index (χ0n) is 13.2. The molecule has 0 unspecified atom stereocenters. The van der Waals surface area contributed by atoms with Crippen molar-refractivity contribution in [2.75, 3.05) is 25.6 Å². The molecule has 0 aliphatic carbocycles. The summed E-state index contributed by atoms with van der Waals surface area (Å²) in [5, 5.41) is 0. The van der Waals surface area contributed by atoms with Crippen LogP contribution >= 0.6 is 27.7 Å². The maximum Gasteiger partial charge on any atom is 0.179 e. The quantitative estimate of drug-likeness (QED) is 0.640. The topological polar surface area (TPSA) is 37.4 Å². The fourth-order valence-electron chi connectivity index (χ4n) is 2.16. The Kier molecular flexibility index (Phi) is 6.71. The zero-order chi connectivity index (χ0) is 16.9. The van der Waals surface area contributed by atoms with Crippen LogP contribution in [0.3, 0.4) is 0 Å². The Hall–Kier alpha value is -0.820. The molecule has 0 saturated carbocycles. The molecule has 2 aromatic carbocycles. The molecular formula is C17H20BrNO2S2. The van der Waals surface area contributed by atoms with Crippen molar-refractivity contribution in [3.05, 3.63) is 58.6 Å². The highest BCUT2D eigenvalue weighted by atomic mass is 79.9. The van der Waals surface area contributed by atoms with E-state index in [-0.39, 0.29) is 5.75 Å². The van der Waals surface area contributed by atoms with Crippen molar-refractivity contribution >= 4 is 37.5 Å². The summed E-state index contributed by atoms with van der Waals surface area (Å²) in [6.07, 6.45) is 2.05. The first-order valence-corrected chi connectivity index (χ1v) is 10.9. The second-order valence-electron chi connectivity index (χ2n) is 5.36. The van der Waals surface area contributed by atoms with Gasteiger partial charge >= 0.3 is 0 Å². The molecule has 0 aliphatic heterocycles. The van der Waals surface area contributed by atoms with Crippen molar-refractivity contribution in [1.29, 1.82) is 0 Å². The van der Waals surface area contributed by atoms with Gasteiger partial charge in [0.05, 0.1) is 10.6 Å². The van der Waals surface area contributed by atoms with Gasteiger partial charge in [-0.1, -0.05) is 28.1 Å². The van der Waals surface area contributed by atoms with Gasteiger partial charge in [-0.3, -0.25) is 0 Å². The summed E-state index contributed by atoms with van der Waals surface area (Å²) < 4.78 is 25.6. The van der Waals surface area contributed by atoms with E-state index in [0.29, 0.717) is 11.4 Å². The predicted octanol–water partition coefficient (Wildman–Crippen LogP) is 4.08. The predicted molar refractivity (Wildman–Crippen MR) is 101 cm³/mol. The largest absolute Gasteiger partial charge is 0.301 e. The first kappa shape index (κ1) is 18.5. The molecule has 2 rings (SSSR count). The molecule has 0 saturated heterocycles. The Morgan fingerprint density at radius 2 is 1.65 bits per heavy atom. The molecule has 23 heavy (non-hydrogen) atoms. The van der Waals surface area contributed by atoms with Gasteiger partial charge in [0, 0.05) is 22.5 Å². The van der Waals surface area contributed by atoms with Gasteiger partial charge in [0.15, 0.2) is 9.84 Å². The molecule has 0 radical (unpaired) electrons. The van der Waals surface area contributed by atoms with Crippen LogP contribution in [0, 0.1) is 0 Å². The van der Waals surface area contributed by atoms with E-state index < -0.39 is 9.84 Å². The van der Waals surface area contributed by atoms with Crippen molar-refractivity contribution in [1.82, 2.24) is 4.90 Å². The second kappa shape index (κ2) is 8.33. The van der Waals surface area contributed by atoms with Crippen molar-refractivity contribution < 1.29 is 8.42 Å². The Bertz CT molecular complexity index is 728. The lowest BCUT2D eigenvalue weighted by Gasteiger charge is -2.17. The highest BCUT2D eigenvalue weighted by Gasteiger charge is 2.15. The Morgan fingerprint density at radius 1 is 1.04 bits per heavy atom. The SMILES string of the molecule is CSc1ccc(CN(C)CCS(=O)(=O)c2ccc(Br)cc2)cc1. The molecule has 0 atom stereocenters. The first-order chi connectivity index (χ1) is 10.9. The smallest absolute Gasteiger partial charge is 0.179 e. The average Bonchev–Trinajstić information content (AvgIpc) is 2.54. The Labute approximate surface area is 151 Å². The average molecular weight is 414 g/mol. The van der Waals surface area contributed by atoms with Crippen LogP contribution in [0.1, 0.15) is 5.56 Å². The summed E-state index contributed by atoms with van der Waals surface area (Å²) in [5.74, 6) is 0.119. The lowest BCUT2D eigenvalue weighted by Crippen LogP contribution is -2.25. The van der Waals surface area contributed by atoms with E-state index in [9.17, 15) is 8.42 Å². The third-order valence-electron chi connectivity index (χ3n) is 3.53. The molecule has 0 spiro atoms. The minimum absolute atomic E-state index is 0.119. The maximum absolute atomic E-state index is 12.3. The fraction of sp³-hybridized carbons (Fsp3) is 0.294. The molecule has 2 aromatic rings. The molecule has 3 nitrogen and oxygen atoms in total. The van der Waals surface area contributed by atoms with Crippen molar-refractivity contribution in [3.63, 3.8) is 0 Å². The van der Waals surface area contributed by atoms with E-state index in [0.717, 1.165) is 11.0 Å². The highest BCUT2D eigenvalue weighted by molar-refractivity contribution is 9.10. The molecule has 0 N–H and O–H groups in total. The minimum atomic E-state index is -3.24. The summed E-state index contributed by atoms with van der Waals surface area (Å²) in [6.45, 7) is 1.24. The van der Waals surface area contributed by atoms with Crippen LogP contribution in [0.25, 0.3) is 0 Å². The van der Waals surface area contributed by atoms with Gasteiger partial charge in [-0.15, -0.1) is 11.8 Å². The number of benzene rings is 2. The van der Waals surface area contributed by atoms with Gasteiger partial charge in [0.1, 0.15) is 0 Å². The number of rotatable bonds is 7. The van der Waals surface area contributed by atoms with Gasteiger partial charge in [-0.05, 0) is 55.3 Å². The van der Waals surface area contributed by atoms with Crippen LogP contribution in [0.15, 0.2) is 62.8 Å². The molecule has 0 aromatic heterocycles. The molecule has 124 valence electrons. The van der Waals surface area contributed by atoms with Crippen LogP contribution in [0.2, 0.25) is 0 Å². The summed E-state index contributed by atoms with van der Waals surface area (Å²) in [5.41, 5.74) is 1.19. The molecule has 0 aliphatic rings. The Balaban J connectivity index is 1.92. The molecule has 0 amide bonds. The van der Waals surface area contributed by atoms with E-state index in [4.69, 9.17) is 0 Å². The van der Waals surface area contributed by atoms with Crippen LogP contribution < -0.4 is 0 Å². The van der Waals surface area contributed by atoms with Gasteiger partial charge in [-0.25, -0.2) is 8.42 Å². The van der Waals surface area contributed by atoms with E-state index in [1.165, 1.54) is 10.5 Å². The standard InChI is InChI=1S/C17H20BrNO2S2/c1-19(13-14-3-7-16(22-2)8-4-14)11-12-23(20,21)17-9-5-15(18)6-10-17/h3-10H,11-13H2,1-2H3. The summed E-state index contributed by atoms with van der Waals surface area (Å²) in [6, 6.07) is 15.1. The zero-order valence-corrected chi connectivity index (χ0v) is 16.4. The Morgan fingerprint density at radius 3 is 2.22 bits per heavy atom. The third kappa shape index (κ3) is 5.64. The number of halogens is 1. The first-order valence-electron chi connectivity index (χ1n) is 7.20. The molecule has 6 heteroatoms.